The third-order valence-corrected chi connectivity index (χ3v) is 5.98. The lowest BCUT2D eigenvalue weighted by Gasteiger charge is -2.34. The van der Waals surface area contributed by atoms with Crippen molar-refractivity contribution in [2.24, 2.45) is 0 Å². The van der Waals surface area contributed by atoms with Gasteiger partial charge in [0.25, 0.3) is 5.78 Å². The molecule has 0 saturated carbocycles. The van der Waals surface area contributed by atoms with Crippen molar-refractivity contribution in [3.8, 4) is 22.6 Å². The van der Waals surface area contributed by atoms with Crippen LogP contribution < -0.4 is 4.90 Å². The number of benzene rings is 1. The lowest BCUT2D eigenvalue weighted by atomic mass is 10.2. The fraction of sp³-hybridized carbons (Fsp3) is 0.318. The monoisotopic (exact) mass is 434 g/mol. The standard InChI is InChI=1S/C22H23ClN8/c1-3-29-10-12-30(13-11-29)21-24-9-8-19(26-21)18-14-25-22-27-20(28-31(22)15(18)2)16-4-6-17(23)7-5-16/h4-9,14H,3,10-13H2,1-2H3. The summed E-state index contributed by atoms with van der Waals surface area (Å²) in [6.07, 6.45) is 3.63. The molecule has 9 heteroatoms. The Bertz CT molecular complexity index is 1210. The first-order chi connectivity index (χ1) is 15.1. The van der Waals surface area contributed by atoms with Gasteiger partial charge in [0.2, 0.25) is 5.95 Å². The zero-order valence-electron chi connectivity index (χ0n) is 17.5. The number of fused-ring (bicyclic) bond motifs is 1. The van der Waals surface area contributed by atoms with Crippen LogP contribution in [0.3, 0.4) is 0 Å². The lowest BCUT2D eigenvalue weighted by Crippen LogP contribution is -2.46. The molecule has 5 rings (SSSR count). The Morgan fingerprint density at radius 3 is 2.48 bits per heavy atom. The highest BCUT2D eigenvalue weighted by Crippen LogP contribution is 2.25. The van der Waals surface area contributed by atoms with Crippen LogP contribution in [0.2, 0.25) is 5.02 Å². The van der Waals surface area contributed by atoms with Gasteiger partial charge in [-0.1, -0.05) is 18.5 Å². The predicted octanol–water partition coefficient (Wildman–Crippen LogP) is 3.35. The topological polar surface area (TPSA) is 75.3 Å². The molecule has 1 aliphatic rings. The molecular formula is C22H23ClN8. The van der Waals surface area contributed by atoms with Crippen LogP contribution in [0.1, 0.15) is 12.6 Å². The summed E-state index contributed by atoms with van der Waals surface area (Å²) in [7, 11) is 0. The second-order valence-electron chi connectivity index (χ2n) is 7.57. The first-order valence-electron chi connectivity index (χ1n) is 10.4. The van der Waals surface area contributed by atoms with Crippen LogP contribution in [0.15, 0.2) is 42.7 Å². The minimum atomic E-state index is 0.552. The van der Waals surface area contributed by atoms with Gasteiger partial charge in [0.05, 0.1) is 11.4 Å². The number of likely N-dealkylation sites (N-methyl/N-ethyl adjacent to an activating group) is 1. The highest BCUT2D eigenvalue weighted by atomic mass is 35.5. The highest BCUT2D eigenvalue weighted by Gasteiger charge is 2.19. The van der Waals surface area contributed by atoms with E-state index in [0.717, 1.165) is 61.2 Å². The summed E-state index contributed by atoms with van der Waals surface area (Å²) in [5, 5.41) is 5.35. The summed E-state index contributed by atoms with van der Waals surface area (Å²) < 4.78 is 1.76. The lowest BCUT2D eigenvalue weighted by molar-refractivity contribution is 0.270. The Morgan fingerprint density at radius 1 is 0.968 bits per heavy atom. The average molecular weight is 435 g/mol. The van der Waals surface area contributed by atoms with E-state index in [0.29, 0.717) is 16.6 Å². The van der Waals surface area contributed by atoms with Crippen LogP contribution in [-0.4, -0.2) is 67.2 Å². The molecule has 1 saturated heterocycles. The molecule has 31 heavy (non-hydrogen) atoms. The van der Waals surface area contributed by atoms with E-state index in [1.807, 2.05) is 49.6 Å². The summed E-state index contributed by atoms with van der Waals surface area (Å²) in [4.78, 5) is 23.1. The number of halogens is 1. The van der Waals surface area contributed by atoms with Gasteiger partial charge in [0, 0.05) is 54.7 Å². The zero-order chi connectivity index (χ0) is 21.4. The minimum absolute atomic E-state index is 0.552. The van der Waals surface area contributed by atoms with Gasteiger partial charge in [-0.25, -0.2) is 19.5 Å². The third-order valence-electron chi connectivity index (χ3n) is 5.73. The van der Waals surface area contributed by atoms with E-state index in [1.165, 1.54) is 0 Å². The largest absolute Gasteiger partial charge is 0.338 e. The number of aryl methyl sites for hydroxylation is 1. The molecule has 3 aromatic heterocycles. The number of hydrogen-bond donors (Lipinski definition) is 0. The van der Waals surface area contributed by atoms with E-state index in [2.05, 4.69) is 36.8 Å². The predicted molar refractivity (Wildman–Crippen MR) is 121 cm³/mol. The first-order valence-corrected chi connectivity index (χ1v) is 10.8. The summed E-state index contributed by atoms with van der Waals surface area (Å²) in [6.45, 7) is 9.21. The molecule has 0 aliphatic carbocycles. The van der Waals surface area contributed by atoms with E-state index < -0.39 is 0 Å². The van der Waals surface area contributed by atoms with Crippen LogP contribution in [0.5, 0.6) is 0 Å². The van der Waals surface area contributed by atoms with Crippen molar-refractivity contribution in [3.63, 3.8) is 0 Å². The molecule has 158 valence electrons. The van der Waals surface area contributed by atoms with E-state index in [-0.39, 0.29) is 0 Å². The normalized spacial score (nSPS) is 15.0. The van der Waals surface area contributed by atoms with Crippen molar-refractivity contribution in [1.82, 2.24) is 34.4 Å². The first kappa shape index (κ1) is 19.8. The SMILES string of the molecule is CCN1CCN(c2nccc(-c3cnc4nc(-c5ccc(Cl)cc5)nn4c3C)n2)CC1. The molecule has 0 bridgehead atoms. The van der Waals surface area contributed by atoms with Gasteiger partial charge in [-0.3, -0.25) is 0 Å². The maximum Gasteiger partial charge on any atom is 0.252 e. The second kappa shape index (κ2) is 8.20. The van der Waals surface area contributed by atoms with Crippen molar-refractivity contribution in [2.75, 3.05) is 37.6 Å². The summed E-state index contributed by atoms with van der Waals surface area (Å²) in [6, 6.07) is 9.39. The number of nitrogens with zero attached hydrogens (tertiary/aromatic N) is 8. The highest BCUT2D eigenvalue weighted by molar-refractivity contribution is 6.30. The maximum atomic E-state index is 6.00. The van der Waals surface area contributed by atoms with Gasteiger partial charge in [0.15, 0.2) is 5.82 Å². The van der Waals surface area contributed by atoms with Gasteiger partial charge in [-0.15, -0.1) is 5.10 Å². The van der Waals surface area contributed by atoms with Crippen LogP contribution in [-0.2, 0) is 0 Å². The Labute approximate surface area is 185 Å². The van der Waals surface area contributed by atoms with Crippen LogP contribution in [0.4, 0.5) is 5.95 Å². The van der Waals surface area contributed by atoms with Crippen LogP contribution >= 0.6 is 11.6 Å². The molecule has 0 N–H and O–H groups in total. The molecule has 4 aromatic rings. The maximum absolute atomic E-state index is 6.00. The average Bonchev–Trinajstić information content (AvgIpc) is 3.25. The van der Waals surface area contributed by atoms with Gasteiger partial charge >= 0.3 is 0 Å². The molecule has 4 heterocycles. The van der Waals surface area contributed by atoms with Crippen LogP contribution in [0.25, 0.3) is 28.4 Å². The number of hydrogen-bond acceptors (Lipinski definition) is 7. The Hall–Kier alpha value is -3.10. The Morgan fingerprint density at radius 2 is 1.74 bits per heavy atom. The van der Waals surface area contributed by atoms with Gasteiger partial charge in [0.1, 0.15) is 0 Å². The molecule has 0 atom stereocenters. The number of anilines is 1. The summed E-state index contributed by atoms with van der Waals surface area (Å²) >= 11 is 6.00. The second-order valence-corrected chi connectivity index (χ2v) is 8.01. The van der Waals surface area contributed by atoms with Crippen molar-refractivity contribution >= 4 is 23.3 Å². The summed E-state index contributed by atoms with van der Waals surface area (Å²) in [5.74, 6) is 1.92. The van der Waals surface area contributed by atoms with Crippen molar-refractivity contribution in [3.05, 3.63) is 53.4 Å². The molecule has 0 amide bonds. The molecule has 8 nitrogen and oxygen atoms in total. The summed E-state index contributed by atoms with van der Waals surface area (Å²) in [5.41, 5.74) is 3.57. The van der Waals surface area contributed by atoms with Crippen molar-refractivity contribution < 1.29 is 0 Å². The van der Waals surface area contributed by atoms with Gasteiger partial charge in [-0.05, 0) is 43.8 Å². The van der Waals surface area contributed by atoms with E-state index in [1.54, 1.807) is 4.52 Å². The van der Waals surface area contributed by atoms with Crippen molar-refractivity contribution in [2.45, 2.75) is 13.8 Å². The molecule has 0 spiro atoms. The molecule has 0 radical (unpaired) electrons. The van der Waals surface area contributed by atoms with Crippen molar-refractivity contribution in [1.29, 1.82) is 0 Å². The Kier molecular flexibility index (Phi) is 5.25. The third kappa shape index (κ3) is 3.84. The minimum Gasteiger partial charge on any atom is -0.338 e. The van der Waals surface area contributed by atoms with Gasteiger partial charge in [-0.2, -0.15) is 4.98 Å². The van der Waals surface area contributed by atoms with E-state index >= 15 is 0 Å². The molecule has 1 aliphatic heterocycles. The Balaban J connectivity index is 1.48. The van der Waals surface area contributed by atoms with E-state index in [9.17, 15) is 0 Å². The van der Waals surface area contributed by atoms with Crippen LogP contribution in [0, 0.1) is 6.92 Å². The number of rotatable bonds is 4. The smallest absolute Gasteiger partial charge is 0.252 e. The van der Waals surface area contributed by atoms with E-state index in [4.69, 9.17) is 16.6 Å². The molecule has 1 aromatic carbocycles. The zero-order valence-corrected chi connectivity index (χ0v) is 18.3. The fourth-order valence-electron chi connectivity index (χ4n) is 3.83. The number of aromatic nitrogens is 6. The molecular weight excluding hydrogens is 412 g/mol. The number of piperazine rings is 1. The van der Waals surface area contributed by atoms with Gasteiger partial charge < -0.3 is 9.80 Å². The quantitative estimate of drug-likeness (QED) is 0.487. The molecule has 0 unspecified atom stereocenters. The molecule has 1 fully saturated rings. The fourth-order valence-corrected chi connectivity index (χ4v) is 3.96.